The van der Waals surface area contributed by atoms with E-state index in [1.165, 1.54) is 12.8 Å². The number of rotatable bonds is 1. The average Bonchev–Trinajstić information content (AvgIpc) is 2.93. The Kier molecular flexibility index (Phi) is 1.68. The molecule has 2 heteroatoms. The van der Waals surface area contributed by atoms with Gasteiger partial charge in [0.15, 0.2) is 0 Å². The lowest BCUT2D eigenvalue weighted by atomic mass is 9.72. The van der Waals surface area contributed by atoms with E-state index in [9.17, 15) is 4.79 Å². The second-order valence-corrected chi connectivity index (χ2v) is 6.15. The quantitative estimate of drug-likeness (QED) is 0.384. The molecule has 86 valence electrons. The van der Waals surface area contributed by atoms with E-state index in [0.29, 0.717) is 5.92 Å². The van der Waals surface area contributed by atoms with Crippen molar-refractivity contribution in [3.8, 4) is 0 Å². The zero-order valence-corrected chi connectivity index (χ0v) is 9.63. The third-order valence-corrected chi connectivity index (χ3v) is 5.53. The van der Waals surface area contributed by atoms with Crippen molar-refractivity contribution >= 4 is 5.97 Å². The Morgan fingerprint density at radius 1 is 1.12 bits per heavy atom. The number of allylic oxidation sites excluding steroid dienone is 2. The molecule has 0 radical (unpaired) electrons. The van der Waals surface area contributed by atoms with E-state index in [4.69, 9.17) is 4.74 Å². The lowest BCUT2D eigenvalue weighted by molar-refractivity contribution is -0.150. The van der Waals surface area contributed by atoms with E-state index in [1.54, 1.807) is 6.92 Å². The molecule has 16 heavy (non-hydrogen) atoms. The Balaban J connectivity index is 1.61. The number of carbonyl (C=O) groups is 1. The minimum absolute atomic E-state index is 0.0900. The molecular formula is C14H18O2. The van der Waals surface area contributed by atoms with E-state index >= 15 is 0 Å². The zero-order valence-electron chi connectivity index (χ0n) is 9.63. The minimum Gasteiger partial charge on any atom is -0.462 e. The van der Waals surface area contributed by atoms with Gasteiger partial charge in [-0.1, -0.05) is 12.2 Å². The van der Waals surface area contributed by atoms with Crippen LogP contribution in [-0.4, -0.2) is 12.1 Å². The number of hydrogen-bond donors (Lipinski definition) is 0. The number of fused-ring (bicyclic) bond motifs is 9. The maximum Gasteiger partial charge on any atom is 0.302 e. The monoisotopic (exact) mass is 218 g/mol. The summed E-state index contributed by atoms with van der Waals surface area (Å²) in [5.41, 5.74) is 0. The van der Waals surface area contributed by atoms with Gasteiger partial charge in [0.1, 0.15) is 6.10 Å². The molecule has 0 aromatic rings. The largest absolute Gasteiger partial charge is 0.462 e. The predicted octanol–water partition coefficient (Wildman–Crippen LogP) is 2.40. The maximum absolute atomic E-state index is 11.1. The van der Waals surface area contributed by atoms with Crippen molar-refractivity contribution in [3.63, 3.8) is 0 Å². The summed E-state index contributed by atoms with van der Waals surface area (Å²) in [7, 11) is 0. The molecule has 0 N–H and O–H groups in total. The topological polar surface area (TPSA) is 26.3 Å². The van der Waals surface area contributed by atoms with E-state index in [-0.39, 0.29) is 12.1 Å². The summed E-state index contributed by atoms with van der Waals surface area (Å²) >= 11 is 0. The van der Waals surface area contributed by atoms with Gasteiger partial charge in [0.25, 0.3) is 0 Å². The Labute approximate surface area is 96.0 Å². The molecule has 4 rings (SSSR count). The fraction of sp³-hybridized carbons (Fsp3) is 0.786. The molecule has 3 saturated carbocycles. The van der Waals surface area contributed by atoms with Gasteiger partial charge in [-0.15, -0.1) is 0 Å². The van der Waals surface area contributed by atoms with Crippen molar-refractivity contribution in [1.29, 1.82) is 0 Å². The SMILES string of the molecule is CC(=O)O[C@@H]1C[C@H]2C[C@H]1[C@@H]1[C@@H]2[C@H]2C=C[C@H]1C2. The molecule has 2 nitrogen and oxygen atoms in total. The second-order valence-electron chi connectivity index (χ2n) is 6.15. The summed E-state index contributed by atoms with van der Waals surface area (Å²) in [5, 5.41) is 0. The highest BCUT2D eigenvalue weighted by molar-refractivity contribution is 5.66. The number of carbonyl (C=O) groups excluding carboxylic acids is 1. The summed E-state index contributed by atoms with van der Waals surface area (Å²) in [4.78, 5) is 11.1. The van der Waals surface area contributed by atoms with Gasteiger partial charge in [0.05, 0.1) is 0 Å². The molecule has 4 bridgehead atoms. The van der Waals surface area contributed by atoms with Gasteiger partial charge in [0, 0.05) is 6.92 Å². The highest BCUT2D eigenvalue weighted by Crippen LogP contribution is 2.65. The lowest BCUT2D eigenvalue weighted by Crippen LogP contribution is -2.35. The van der Waals surface area contributed by atoms with E-state index in [0.717, 1.165) is 36.0 Å². The number of esters is 1. The summed E-state index contributed by atoms with van der Waals surface area (Å²) in [6.07, 6.45) is 8.97. The van der Waals surface area contributed by atoms with Crippen LogP contribution in [0.5, 0.6) is 0 Å². The van der Waals surface area contributed by atoms with Gasteiger partial charge < -0.3 is 4.74 Å². The summed E-state index contributed by atoms with van der Waals surface area (Å²) in [6, 6.07) is 0. The lowest BCUT2D eigenvalue weighted by Gasteiger charge is -2.36. The van der Waals surface area contributed by atoms with E-state index in [2.05, 4.69) is 12.2 Å². The van der Waals surface area contributed by atoms with Crippen LogP contribution in [0.15, 0.2) is 12.2 Å². The average molecular weight is 218 g/mol. The molecule has 0 amide bonds. The Bertz CT molecular complexity index is 373. The molecule has 7 atom stereocenters. The van der Waals surface area contributed by atoms with Crippen LogP contribution in [0.25, 0.3) is 0 Å². The highest BCUT2D eigenvalue weighted by Gasteiger charge is 2.61. The minimum atomic E-state index is -0.0900. The Morgan fingerprint density at radius 3 is 2.62 bits per heavy atom. The standard InChI is InChI=1S/C14H18O2/c1-7(15)16-12-6-10-5-11(12)14-9-3-2-8(4-9)13(10)14/h2-3,8-14H,4-6H2,1H3/t8-,9-,10+,11+,12+,13+,14+/m0/s1. The molecule has 0 spiro atoms. The van der Waals surface area contributed by atoms with Crippen LogP contribution in [0.3, 0.4) is 0 Å². The maximum atomic E-state index is 11.1. The van der Waals surface area contributed by atoms with Crippen molar-refractivity contribution in [2.45, 2.75) is 32.3 Å². The van der Waals surface area contributed by atoms with Crippen LogP contribution in [0, 0.1) is 35.5 Å². The van der Waals surface area contributed by atoms with Crippen molar-refractivity contribution in [2.24, 2.45) is 35.5 Å². The Hall–Kier alpha value is -0.790. The molecule has 4 aliphatic carbocycles. The summed E-state index contributed by atoms with van der Waals surface area (Å²) < 4.78 is 5.50. The number of hydrogen-bond acceptors (Lipinski definition) is 2. The third-order valence-electron chi connectivity index (χ3n) is 5.53. The van der Waals surface area contributed by atoms with E-state index < -0.39 is 0 Å². The van der Waals surface area contributed by atoms with Crippen LogP contribution in [0.4, 0.5) is 0 Å². The normalized spacial score (nSPS) is 55.7. The first-order valence-corrected chi connectivity index (χ1v) is 6.59. The third kappa shape index (κ3) is 1.01. The van der Waals surface area contributed by atoms with Crippen molar-refractivity contribution in [2.75, 3.05) is 0 Å². The highest BCUT2D eigenvalue weighted by atomic mass is 16.5. The first kappa shape index (κ1) is 9.26. The molecule has 4 aliphatic rings. The van der Waals surface area contributed by atoms with Crippen LogP contribution < -0.4 is 0 Å². The fourth-order valence-electron chi connectivity index (χ4n) is 5.30. The first-order valence-electron chi connectivity index (χ1n) is 6.59. The zero-order chi connectivity index (χ0) is 10.9. The van der Waals surface area contributed by atoms with Crippen LogP contribution in [-0.2, 0) is 9.53 Å². The van der Waals surface area contributed by atoms with Gasteiger partial charge in [-0.3, -0.25) is 4.79 Å². The van der Waals surface area contributed by atoms with Crippen molar-refractivity contribution < 1.29 is 9.53 Å². The summed E-state index contributed by atoms with van der Waals surface area (Å²) in [6.45, 7) is 1.55. The van der Waals surface area contributed by atoms with Crippen molar-refractivity contribution in [1.82, 2.24) is 0 Å². The Morgan fingerprint density at radius 2 is 1.88 bits per heavy atom. The van der Waals surface area contributed by atoms with Crippen LogP contribution in [0.1, 0.15) is 26.2 Å². The predicted molar refractivity (Wildman–Crippen MR) is 59.5 cm³/mol. The van der Waals surface area contributed by atoms with E-state index in [1.807, 2.05) is 0 Å². The van der Waals surface area contributed by atoms with Gasteiger partial charge in [-0.2, -0.15) is 0 Å². The smallest absolute Gasteiger partial charge is 0.302 e. The molecule has 0 unspecified atom stereocenters. The second kappa shape index (κ2) is 2.91. The summed E-state index contributed by atoms with van der Waals surface area (Å²) in [5.74, 6) is 4.89. The molecule has 0 aromatic carbocycles. The molecule has 3 fully saturated rings. The molecule has 0 heterocycles. The van der Waals surface area contributed by atoms with Gasteiger partial charge in [-0.25, -0.2) is 0 Å². The number of ether oxygens (including phenoxy) is 1. The van der Waals surface area contributed by atoms with Crippen LogP contribution in [0.2, 0.25) is 0 Å². The molecule has 0 saturated heterocycles. The van der Waals surface area contributed by atoms with Gasteiger partial charge in [-0.05, 0) is 54.8 Å². The van der Waals surface area contributed by atoms with Crippen LogP contribution >= 0.6 is 0 Å². The molecule has 0 aliphatic heterocycles. The van der Waals surface area contributed by atoms with Gasteiger partial charge >= 0.3 is 5.97 Å². The molecular weight excluding hydrogens is 200 g/mol. The van der Waals surface area contributed by atoms with Gasteiger partial charge in [0.2, 0.25) is 0 Å². The van der Waals surface area contributed by atoms with Crippen molar-refractivity contribution in [3.05, 3.63) is 12.2 Å². The molecule has 0 aromatic heterocycles. The first-order chi connectivity index (χ1) is 7.74. The fourth-order valence-corrected chi connectivity index (χ4v) is 5.30.